The summed E-state index contributed by atoms with van der Waals surface area (Å²) in [5.74, 6) is 0.353. The number of benzene rings is 2. The summed E-state index contributed by atoms with van der Waals surface area (Å²) >= 11 is 9.13. The van der Waals surface area contributed by atoms with E-state index in [4.69, 9.17) is 22.1 Å². The van der Waals surface area contributed by atoms with Crippen molar-refractivity contribution in [1.29, 1.82) is 0 Å². The van der Waals surface area contributed by atoms with Gasteiger partial charge in [0.2, 0.25) is 0 Å². The van der Waals surface area contributed by atoms with E-state index < -0.39 is 0 Å². The van der Waals surface area contributed by atoms with Crippen LogP contribution in [-0.2, 0) is 0 Å². The van der Waals surface area contributed by atoms with Crippen molar-refractivity contribution >= 4 is 33.2 Å². The highest BCUT2D eigenvalue weighted by atomic mass is 79.9. The first-order chi connectivity index (χ1) is 8.08. The second-order valence-corrected chi connectivity index (χ2v) is 4.59. The molecule has 0 fully saturated rings. The minimum absolute atomic E-state index is 0.324. The lowest BCUT2D eigenvalue weighted by Gasteiger charge is -2.10. The Hall–Kier alpha value is -1.26. The molecular weight excluding hydrogens is 308 g/mol. The fourth-order valence-electron chi connectivity index (χ4n) is 1.28. The lowest BCUT2D eigenvalue weighted by Crippen LogP contribution is -1.93. The Morgan fingerprint density at radius 3 is 2.71 bits per heavy atom. The van der Waals surface area contributed by atoms with Crippen molar-refractivity contribution in [2.24, 2.45) is 0 Å². The summed E-state index contributed by atoms with van der Waals surface area (Å²) in [5, 5.41) is 0.398. The summed E-state index contributed by atoms with van der Waals surface area (Å²) in [6.45, 7) is 0. The molecule has 0 aromatic heterocycles. The number of rotatable bonds is 2. The van der Waals surface area contributed by atoms with Gasteiger partial charge in [0.1, 0.15) is 11.6 Å². The molecule has 0 atom stereocenters. The maximum atomic E-state index is 13.1. The van der Waals surface area contributed by atoms with Crippen LogP contribution in [0, 0.1) is 5.82 Å². The van der Waals surface area contributed by atoms with Gasteiger partial charge in [0.05, 0.1) is 15.2 Å². The predicted octanol–water partition coefficient (Wildman–Crippen LogP) is 4.62. The quantitative estimate of drug-likeness (QED) is 0.821. The summed E-state index contributed by atoms with van der Waals surface area (Å²) in [5.41, 5.74) is 6.08. The Labute approximate surface area is 111 Å². The van der Waals surface area contributed by atoms with E-state index in [0.717, 1.165) is 0 Å². The van der Waals surface area contributed by atoms with Gasteiger partial charge in [-0.3, -0.25) is 0 Å². The topological polar surface area (TPSA) is 35.2 Å². The van der Waals surface area contributed by atoms with Crippen LogP contribution in [0.3, 0.4) is 0 Å². The van der Waals surface area contributed by atoms with Crippen LogP contribution in [0.25, 0.3) is 0 Å². The average molecular weight is 317 g/mol. The van der Waals surface area contributed by atoms with E-state index in [2.05, 4.69) is 15.9 Å². The molecule has 17 heavy (non-hydrogen) atoms. The molecule has 0 radical (unpaired) electrons. The van der Waals surface area contributed by atoms with Crippen LogP contribution in [-0.4, -0.2) is 0 Å². The minimum atomic E-state index is -0.385. The maximum absolute atomic E-state index is 13.1. The largest absolute Gasteiger partial charge is 0.454 e. The summed E-state index contributed by atoms with van der Waals surface area (Å²) in [6.07, 6.45) is 0. The molecule has 5 heteroatoms. The molecule has 2 nitrogen and oxygen atoms in total. The van der Waals surface area contributed by atoms with Crippen LogP contribution in [0.1, 0.15) is 0 Å². The van der Waals surface area contributed by atoms with Crippen molar-refractivity contribution < 1.29 is 9.13 Å². The number of hydrogen-bond acceptors (Lipinski definition) is 2. The highest BCUT2D eigenvalue weighted by Crippen LogP contribution is 2.35. The number of anilines is 1. The van der Waals surface area contributed by atoms with Crippen LogP contribution < -0.4 is 10.5 Å². The van der Waals surface area contributed by atoms with E-state index >= 15 is 0 Å². The van der Waals surface area contributed by atoms with Crippen molar-refractivity contribution in [3.05, 3.63) is 51.7 Å². The van der Waals surface area contributed by atoms with Gasteiger partial charge in [0, 0.05) is 6.07 Å². The second kappa shape index (κ2) is 4.94. The van der Waals surface area contributed by atoms with E-state index in [1.165, 1.54) is 12.1 Å². The van der Waals surface area contributed by atoms with Crippen molar-refractivity contribution in [2.45, 2.75) is 0 Å². The van der Waals surface area contributed by atoms with Gasteiger partial charge in [-0.05, 0) is 40.2 Å². The number of nitrogens with two attached hydrogens (primary N) is 1. The van der Waals surface area contributed by atoms with Gasteiger partial charge in [0.15, 0.2) is 5.75 Å². The van der Waals surface area contributed by atoms with Crippen molar-refractivity contribution in [3.63, 3.8) is 0 Å². The Morgan fingerprint density at radius 2 is 1.94 bits per heavy atom. The zero-order chi connectivity index (χ0) is 12.4. The van der Waals surface area contributed by atoms with Gasteiger partial charge in [0.25, 0.3) is 0 Å². The number of para-hydroxylation sites is 1. The number of ether oxygens (including phenoxy) is 1. The standard InChI is InChI=1S/C12H8BrClFNO/c13-8-5-4-7(15)6-11(8)17-10-3-1-2-9(14)12(10)16/h1-6H,16H2. The van der Waals surface area contributed by atoms with Gasteiger partial charge in [-0.15, -0.1) is 0 Å². The lowest BCUT2D eigenvalue weighted by atomic mass is 10.3. The van der Waals surface area contributed by atoms with Gasteiger partial charge in [-0.1, -0.05) is 17.7 Å². The Balaban J connectivity index is 2.38. The first-order valence-corrected chi connectivity index (χ1v) is 5.92. The molecule has 0 saturated heterocycles. The van der Waals surface area contributed by atoms with Crippen molar-refractivity contribution in [2.75, 3.05) is 5.73 Å². The second-order valence-electron chi connectivity index (χ2n) is 3.33. The fourth-order valence-corrected chi connectivity index (χ4v) is 1.77. The number of halogens is 3. The molecular formula is C12H8BrClFNO. The highest BCUT2D eigenvalue weighted by Gasteiger charge is 2.08. The SMILES string of the molecule is Nc1c(Cl)cccc1Oc1cc(F)ccc1Br. The van der Waals surface area contributed by atoms with Crippen LogP contribution in [0.4, 0.5) is 10.1 Å². The molecule has 88 valence electrons. The smallest absolute Gasteiger partial charge is 0.151 e. The van der Waals surface area contributed by atoms with E-state index in [1.54, 1.807) is 24.3 Å². The molecule has 2 aromatic rings. The van der Waals surface area contributed by atoms with Crippen LogP contribution in [0.2, 0.25) is 5.02 Å². The van der Waals surface area contributed by atoms with Crippen LogP contribution in [0.5, 0.6) is 11.5 Å². The normalized spacial score (nSPS) is 10.3. The zero-order valence-corrected chi connectivity index (χ0v) is 10.9. The number of nitrogen functional groups attached to an aromatic ring is 1. The molecule has 2 aromatic carbocycles. The zero-order valence-electron chi connectivity index (χ0n) is 8.58. The molecule has 0 bridgehead atoms. The summed E-state index contributed by atoms with van der Waals surface area (Å²) in [7, 11) is 0. The molecule has 2 N–H and O–H groups in total. The Kier molecular flexibility index (Phi) is 3.54. The third-order valence-corrected chi connectivity index (χ3v) is 3.11. The molecule has 0 amide bonds. The Morgan fingerprint density at radius 1 is 1.18 bits per heavy atom. The first-order valence-electron chi connectivity index (χ1n) is 4.75. The molecule has 0 aliphatic rings. The third kappa shape index (κ3) is 2.70. The number of hydrogen-bond donors (Lipinski definition) is 1. The summed E-state index contributed by atoms with van der Waals surface area (Å²) < 4.78 is 19.2. The Bertz CT molecular complexity index is 562. The fraction of sp³-hybridized carbons (Fsp3) is 0. The van der Waals surface area contributed by atoms with E-state index in [-0.39, 0.29) is 5.82 Å². The van der Waals surface area contributed by atoms with Crippen LogP contribution >= 0.6 is 27.5 Å². The van der Waals surface area contributed by atoms with Gasteiger partial charge in [-0.25, -0.2) is 4.39 Å². The lowest BCUT2D eigenvalue weighted by molar-refractivity contribution is 0.476. The first kappa shape index (κ1) is 12.2. The molecule has 0 spiro atoms. The monoisotopic (exact) mass is 315 g/mol. The summed E-state index contributed by atoms with van der Waals surface area (Å²) in [6, 6.07) is 9.19. The van der Waals surface area contributed by atoms with Gasteiger partial charge >= 0.3 is 0 Å². The average Bonchev–Trinajstić information content (AvgIpc) is 2.30. The third-order valence-electron chi connectivity index (χ3n) is 2.13. The minimum Gasteiger partial charge on any atom is -0.454 e. The van der Waals surface area contributed by atoms with Gasteiger partial charge < -0.3 is 10.5 Å². The molecule has 0 aliphatic carbocycles. The van der Waals surface area contributed by atoms with E-state index in [1.807, 2.05) is 0 Å². The predicted molar refractivity (Wildman–Crippen MR) is 70.0 cm³/mol. The molecule has 0 heterocycles. The van der Waals surface area contributed by atoms with Gasteiger partial charge in [-0.2, -0.15) is 0 Å². The van der Waals surface area contributed by atoms with E-state index in [9.17, 15) is 4.39 Å². The highest BCUT2D eigenvalue weighted by molar-refractivity contribution is 9.10. The molecule has 0 unspecified atom stereocenters. The van der Waals surface area contributed by atoms with Crippen molar-refractivity contribution in [3.8, 4) is 11.5 Å². The van der Waals surface area contributed by atoms with Crippen molar-refractivity contribution in [1.82, 2.24) is 0 Å². The maximum Gasteiger partial charge on any atom is 0.151 e. The van der Waals surface area contributed by atoms with Crippen LogP contribution in [0.15, 0.2) is 40.9 Å². The summed E-state index contributed by atoms with van der Waals surface area (Å²) in [4.78, 5) is 0. The van der Waals surface area contributed by atoms with E-state index in [0.29, 0.717) is 26.7 Å². The molecule has 0 aliphatic heterocycles. The molecule has 0 saturated carbocycles. The molecule has 2 rings (SSSR count).